The summed E-state index contributed by atoms with van der Waals surface area (Å²) in [6, 6.07) is 6.82. The van der Waals surface area contributed by atoms with Gasteiger partial charge < -0.3 is 5.73 Å². The van der Waals surface area contributed by atoms with Crippen molar-refractivity contribution in [2.75, 3.05) is 18.1 Å². The molecule has 0 saturated carbocycles. The topological polar surface area (TPSA) is 80.5 Å². The van der Waals surface area contributed by atoms with E-state index in [0.29, 0.717) is 35.6 Å². The highest BCUT2D eigenvalue weighted by Crippen LogP contribution is 2.22. The van der Waals surface area contributed by atoms with E-state index < -0.39 is 0 Å². The van der Waals surface area contributed by atoms with Crippen molar-refractivity contribution in [2.24, 2.45) is 5.73 Å². The second-order valence-electron chi connectivity index (χ2n) is 4.14. The summed E-state index contributed by atoms with van der Waals surface area (Å²) in [7, 11) is 0. The normalized spacial score (nSPS) is 13.8. The molecule has 2 N–H and O–H groups in total. The van der Waals surface area contributed by atoms with Crippen LogP contribution in [-0.4, -0.2) is 40.7 Å². The lowest BCUT2D eigenvalue weighted by atomic mass is 10.1. The third-order valence-electron chi connectivity index (χ3n) is 2.83. The molecule has 0 bridgehead atoms. The number of amides is 3. The van der Waals surface area contributed by atoms with E-state index in [0.717, 1.165) is 0 Å². The Morgan fingerprint density at radius 2 is 1.68 bits per heavy atom. The van der Waals surface area contributed by atoms with Gasteiger partial charge in [0.05, 0.1) is 11.1 Å². The molecule has 1 aromatic rings. The maximum atomic E-state index is 12.0. The van der Waals surface area contributed by atoms with Crippen LogP contribution in [0.2, 0.25) is 0 Å². The Morgan fingerprint density at radius 3 is 2.21 bits per heavy atom. The maximum absolute atomic E-state index is 12.0. The van der Waals surface area contributed by atoms with Gasteiger partial charge in [-0.25, -0.2) is 0 Å². The summed E-state index contributed by atoms with van der Waals surface area (Å²) < 4.78 is 0. The van der Waals surface area contributed by atoms with Gasteiger partial charge >= 0.3 is 0 Å². The van der Waals surface area contributed by atoms with E-state index in [1.807, 2.05) is 0 Å². The van der Waals surface area contributed by atoms with Crippen LogP contribution >= 0.6 is 11.8 Å². The Hall–Kier alpha value is -1.82. The van der Waals surface area contributed by atoms with E-state index >= 15 is 0 Å². The molecule has 0 saturated heterocycles. The van der Waals surface area contributed by atoms with Gasteiger partial charge in [0.25, 0.3) is 11.8 Å². The van der Waals surface area contributed by atoms with Crippen molar-refractivity contribution in [3.05, 3.63) is 35.4 Å². The van der Waals surface area contributed by atoms with Crippen LogP contribution in [0.5, 0.6) is 0 Å². The zero-order valence-corrected chi connectivity index (χ0v) is 11.1. The molecule has 5 nitrogen and oxygen atoms in total. The summed E-state index contributed by atoms with van der Waals surface area (Å²) in [5.41, 5.74) is 5.96. The lowest BCUT2D eigenvalue weighted by molar-refractivity contribution is -0.117. The fourth-order valence-corrected chi connectivity index (χ4v) is 2.73. The first kappa shape index (κ1) is 13.6. The first-order valence-electron chi connectivity index (χ1n) is 5.92. The number of benzene rings is 1. The van der Waals surface area contributed by atoms with E-state index in [9.17, 15) is 14.4 Å². The zero-order chi connectivity index (χ0) is 13.8. The Bertz CT molecular complexity index is 495. The molecule has 0 atom stereocenters. The van der Waals surface area contributed by atoms with Crippen LogP contribution in [0.15, 0.2) is 24.3 Å². The summed E-state index contributed by atoms with van der Waals surface area (Å²) in [4.78, 5) is 35.8. The van der Waals surface area contributed by atoms with Crippen LogP contribution < -0.4 is 5.73 Å². The van der Waals surface area contributed by atoms with Gasteiger partial charge in [-0.15, -0.1) is 0 Å². The number of fused-ring (bicyclic) bond motifs is 1. The van der Waals surface area contributed by atoms with Crippen LogP contribution in [-0.2, 0) is 4.79 Å². The highest BCUT2D eigenvalue weighted by molar-refractivity contribution is 7.99. The molecule has 0 aromatic heterocycles. The number of carbonyl (C=O) groups excluding carboxylic acids is 3. The van der Waals surface area contributed by atoms with Gasteiger partial charge in [-0.05, 0) is 12.1 Å². The fraction of sp³-hybridized carbons (Fsp3) is 0.308. The molecule has 0 spiro atoms. The molecule has 0 fully saturated rings. The Morgan fingerprint density at radius 1 is 1.11 bits per heavy atom. The largest absolute Gasteiger partial charge is 0.370 e. The molecule has 3 amide bonds. The zero-order valence-electron chi connectivity index (χ0n) is 10.3. The van der Waals surface area contributed by atoms with Gasteiger partial charge in [0, 0.05) is 24.5 Å². The van der Waals surface area contributed by atoms with Crippen LogP contribution in [0.4, 0.5) is 0 Å². The number of hydrogen-bond acceptors (Lipinski definition) is 4. The van der Waals surface area contributed by atoms with Crippen molar-refractivity contribution in [3.63, 3.8) is 0 Å². The first-order chi connectivity index (χ1) is 9.11. The Balaban J connectivity index is 1.88. The quantitative estimate of drug-likeness (QED) is 0.619. The van der Waals surface area contributed by atoms with Gasteiger partial charge in [0.1, 0.15) is 0 Å². The van der Waals surface area contributed by atoms with E-state index in [1.165, 1.54) is 16.7 Å². The second kappa shape index (κ2) is 5.88. The van der Waals surface area contributed by atoms with Crippen molar-refractivity contribution in [1.29, 1.82) is 0 Å². The van der Waals surface area contributed by atoms with Crippen molar-refractivity contribution >= 4 is 29.5 Å². The number of carbonyl (C=O) groups is 3. The monoisotopic (exact) mass is 278 g/mol. The number of imide groups is 1. The molecular weight excluding hydrogens is 264 g/mol. The van der Waals surface area contributed by atoms with E-state index in [1.54, 1.807) is 24.3 Å². The molecule has 1 aliphatic heterocycles. The van der Waals surface area contributed by atoms with Crippen LogP contribution in [0.25, 0.3) is 0 Å². The molecule has 1 aliphatic rings. The minimum absolute atomic E-state index is 0.240. The number of hydrogen-bond donors (Lipinski definition) is 1. The number of nitrogens with zero attached hydrogens (tertiary/aromatic N) is 1. The minimum Gasteiger partial charge on any atom is -0.370 e. The molecule has 19 heavy (non-hydrogen) atoms. The van der Waals surface area contributed by atoms with Gasteiger partial charge in [0.2, 0.25) is 5.91 Å². The van der Waals surface area contributed by atoms with E-state index in [-0.39, 0.29) is 17.7 Å². The predicted octanol–water partition coefficient (Wildman–Crippen LogP) is 0.891. The summed E-state index contributed by atoms with van der Waals surface area (Å²) in [5.74, 6) is 0.400. The molecule has 2 rings (SSSR count). The van der Waals surface area contributed by atoms with Crippen LogP contribution in [0.1, 0.15) is 27.1 Å². The molecule has 0 aliphatic carbocycles. The Labute approximate surface area is 115 Å². The van der Waals surface area contributed by atoms with Gasteiger partial charge in [-0.3, -0.25) is 19.3 Å². The Kier molecular flexibility index (Phi) is 4.21. The lowest BCUT2D eigenvalue weighted by Crippen LogP contribution is -2.31. The van der Waals surface area contributed by atoms with Gasteiger partial charge in [-0.2, -0.15) is 11.8 Å². The summed E-state index contributed by atoms with van der Waals surface area (Å²) in [6.07, 6.45) is 0.312. The lowest BCUT2D eigenvalue weighted by Gasteiger charge is -2.12. The SMILES string of the molecule is NC(=O)CCSCCN1C(=O)c2ccccc2C1=O. The van der Waals surface area contributed by atoms with Crippen LogP contribution in [0, 0.1) is 0 Å². The van der Waals surface area contributed by atoms with E-state index in [2.05, 4.69) is 0 Å². The standard InChI is InChI=1S/C13H14N2O3S/c14-11(16)5-7-19-8-6-15-12(17)9-3-1-2-4-10(9)13(15)18/h1-4H,5-8H2,(H2,14,16). The average molecular weight is 278 g/mol. The highest BCUT2D eigenvalue weighted by Gasteiger charge is 2.34. The molecule has 0 unspecified atom stereocenters. The van der Waals surface area contributed by atoms with Gasteiger partial charge in [-0.1, -0.05) is 12.1 Å². The van der Waals surface area contributed by atoms with Crippen molar-refractivity contribution in [1.82, 2.24) is 4.90 Å². The third-order valence-corrected chi connectivity index (χ3v) is 3.79. The smallest absolute Gasteiger partial charge is 0.261 e. The summed E-state index contributed by atoms with van der Waals surface area (Å²) in [6.45, 7) is 0.357. The van der Waals surface area contributed by atoms with Crippen molar-refractivity contribution in [2.45, 2.75) is 6.42 Å². The molecule has 1 aromatic carbocycles. The fourth-order valence-electron chi connectivity index (χ4n) is 1.87. The maximum Gasteiger partial charge on any atom is 0.261 e. The number of primary amides is 1. The molecule has 0 radical (unpaired) electrons. The second-order valence-corrected chi connectivity index (χ2v) is 5.36. The minimum atomic E-state index is -0.340. The van der Waals surface area contributed by atoms with Gasteiger partial charge in [0.15, 0.2) is 0 Å². The third kappa shape index (κ3) is 2.96. The van der Waals surface area contributed by atoms with E-state index in [4.69, 9.17) is 5.73 Å². The van der Waals surface area contributed by atoms with Crippen LogP contribution in [0.3, 0.4) is 0 Å². The highest BCUT2D eigenvalue weighted by atomic mass is 32.2. The molecule has 1 heterocycles. The first-order valence-corrected chi connectivity index (χ1v) is 7.08. The van der Waals surface area contributed by atoms with Crippen molar-refractivity contribution < 1.29 is 14.4 Å². The van der Waals surface area contributed by atoms with Crippen molar-refractivity contribution in [3.8, 4) is 0 Å². The summed E-state index contributed by atoms with van der Waals surface area (Å²) >= 11 is 1.50. The molecule has 100 valence electrons. The average Bonchev–Trinajstić information content (AvgIpc) is 2.63. The number of nitrogens with two attached hydrogens (primary N) is 1. The molecular formula is C13H14N2O3S. The number of rotatable bonds is 6. The summed E-state index contributed by atoms with van der Waals surface area (Å²) in [5, 5.41) is 0. The predicted molar refractivity (Wildman–Crippen MR) is 72.9 cm³/mol. The number of thioether (sulfide) groups is 1. The molecule has 6 heteroatoms.